The van der Waals surface area contributed by atoms with Gasteiger partial charge in [-0.05, 0) is 43.5 Å². The van der Waals surface area contributed by atoms with Gasteiger partial charge in [0.15, 0.2) is 0 Å². The zero-order valence-electron chi connectivity index (χ0n) is 18.1. The normalized spacial score (nSPS) is 16.5. The van der Waals surface area contributed by atoms with Crippen molar-refractivity contribution in [1.82, 2.24) is 15.1 Å². The predicted octanol–water partition coefficient (Wildman–Crippen LogP) is 4.65. The van der Waals surface area contributed by atoms with E-state index in [1.165, 1.54) is 42.1 Å². The van der Waals surface area contributed by atoms with Crippen LogP contribution in [-0.4, -0.2) is 34.8 Å². The Morgan fingerprint density at radius 2 is 2.00 bits per heavy atom. The van der Waals surface area contributed by atoms with Crippen molar-refractivity contribution in [2.24, 2.45) is 0 Å². The molecule has 0 unspecified atom stereocenters. The highest BCUT2D eigenvalue weighted by Gasteiger charge is 2.34. The van der Waals surface area contributed by atoms with Gasteiger partial charge in [0.05, 0.1) is 45.3 Å². The van der Waals surface area contributed by atoms with Crippen LogP contribution in [0, 0.1) is 6.92 Å². The highest BCUT2D eigenvalue weighted by Crippen LogP contribution is 2.32. The van der Waals surface area contributed by atoms with Crippen molar-refractivity contribution in [2.45, 2.75) is 38.8 Å². The van der Waals surface area contributed by atoms with Crippen molar-refractivity contribution in [1.29, 1.82) is 0 Å². The molecule has 0 saturated carbocycles. The Hall–Kier alpha value is -2.19. The molecule has 32 heavy (non-hydrogen) atoms. The van der Waals surface area contributed by atoms with Crippen molar-refractivity contribution in [3.63, 3.8) is 0 Å². The van der Waals surface area contributed by atoms with Crippen LogP contribution in [0.5, 0.6) is 0 Å². The van der Waals surface area contributed by atoms with Crippen molar-refractivity contribution < 1.29 is 9.69 Å². The third kappa shape index (κ3) is 3.99. The first-order valence-corrected chi connectivity index (χ1v) is 13.0. The molecule has 1 aromatic carbocycles. The number of benzene rings is 1. The molecule has 1 amide bonds. The van der Waals surface area contributed by atoms with Crippen LogP contribution in [0.25, 0.3) is 15.9 Å². The van der Waals surface area contributed by atoms with Gasteiger partial charge in [0.1, 0.15) is 10.9 Å². The number of hydrogen-bond acceptors (Lipinski definition) is 4. The molecule has 5 rings (SSSR count). The summed E-state index contributed by atoms with van der Waals surface area (Å²) in [6, 6.07) is 14.2. The summed E-state index contributed by atoms with van der Waals surface area (Å²) in [7, 11) is 0. The fourth-order valence-corrected chi connectivity index (χ4v) is 7.00. The largest absolute Gasteiger partial charge is 0.342 e. The number of fused-ring (bicyclic) bond motifs is 1. The van der Waals surface area contributed by atoms with E-state index in [9.17, 15) is 4.79 Å². The molecule has 166 valence electrons. The van der Waals surface area contributed by atoms with Crippen LogP contribution < -0.4 is 10.2 Å². The molecule has 0 spiro atoms. The summed E-state index contributed by atoms with van der Waals surface area (Å²) in [5.41, 5.74) is 1.71. The average Bonchev–Trinajstić information content (AvgIpc) is 3.56. The first kappa shape index (κ1) is 21.6. The number of halogens is 1. The summed E-state index contributed by atoms with van der Waals surface area (Å²) in [6.45, 7) is 6.44. The first-order chi connectivity index (χ1) is 15.5. The van der Waals surface area contributed by atoms with Gasteiger partial charge in [-0.15, -0.1) is 22.7 Å². The molecule has 4 aromatic rings. The third-order valence-electron chi connectivity index (χ3n) is 6.24. The number of nitrogens with one attached hydrogen (secondary N) is 2. The lowest BCUT2D eigenvalue weighted by Gasteiger charge is -2.29. The smallest absolute Gasteiger partial charge is 0.261 e. The maximum atomic E-state index is 13.3. The monoisotopic (exact) mass is 485 g/mol. The second-order valence-electron chi connectivity index (χ2n) is 8.40. The van der Waals surface area contributed by atoms with Gasteiger partial charge in [-0.1, -0.05) is 29.8 Å². The van der Waals surface area contributed by atoms with Gasteiger partial charge in [-0.2, -0.15) is 5.10 Å². The molecule has 1 fully saturated rings. The van der Waals surface area contributed by atoms with Crippen molar-refractivity contribution in [3.8, 4) is 5.69 Å². The van der Waals surface area contributed by atoms with E-state index >= 15 is 0 Å². The lowest BCUT2D eigenvalue weighted by molar-refractivity contribution is -0.920. The maximum Gasteiger partial charge on any atom is 0.261 e. The highest BCUT2D eigenvalue weighted by molar-refractivity contribution is 7.20. The lowest BCUT2D eigenvalue weighted by Crippen LogP contribution is -3.11. The quantitative estimate of drug-likeness (QED) is 0.417. The van der Waals surface area contributed by atoms with E-state index in [0.29, 0.717) is 9.90 Å². The van der Waals surface area contributed by atoms with Gasteiger partial charge in [0.2, 0.25) is 0 Å². The lowest BCUT2D eigenvalue weighted by atomic mass is 10.1. The Labute approximate surface area is 200 Å². The minimum absolute atomic E-state index is 0.0241. The van der Waals surface area contributed by atoms with Gasteiger partial charge in [0.25, 0.3) is 5.91 Å². The number of hydrogen-bond donors (Lipinski definition) is 2. The number of likely N-dealkylation sites (tertiary alicyclic amines) is 1. The molecule has 4 heterocycles. The molecule has 0 aliphatic carbocycles. The van der Waals surface area contributed by atoms with Crippen LogP contribution in [0.1, 0.15) is 46.0 Å². The molecule has 5 nitrogen and oxygen atoms in total. The fourth-order valence-electron chi connectivity index (χ4n) is 4.72. The van der Waals surface area contributed by atoms with Crippen LogP contribution in [0.15, 0.2) is 47.8 Å². The summed E-state index contributed by atoms with van der Waals surface area (Å²) >= 11 is 9.66. The highest BCUT2D eigenvalue weighted by atomic mass is 35.5. The number of carbonyl (C=O) groups excluding carboxylic acids is 1. The Kier molecular flexibility index (Phi) is 6.07. The molecular formula is C24H26ClN4OS2+. The number of nitrogens with zero attached hydrogens (tertiary/aromatic N) is 2. The van der Waals surface area contributed by atoms with Crippen LogP contribution in [-0.2, 0) is 0 Å². The van der Waals surface area contributed by atoms with Crippen LogP contribution in [0.3, 0.4) is 0 Å². The summed E-state index contributed by atoms with van der Waals surface area (Å²) in [6.07, 6.45) is 2.51. The predicted molar refractivity (Wildman–Crippen MR) is 133 cm³/mol. The number of amides is 1. The molecule has 0 bridgehead atoms. The molecule has 0 radical (unpaired) electrons. The van der Waals surface area contributed by atoms with Gasteiger partial charge < -0.3 is 10.2 Å². The SMILES string of the molecule is Cc1nn(-c2ccccc2Cl)c2sc(C(=O)N[C@H](C)[C@@H](c3cccs3)[NH+]3CCCC3)cc12. The molecule has 2 N–H and O–H groups in total. The molecule has 1 aliphatic rings. The van der Waals surface area contributed by atoms with Crippen LogP contribution in [0.2, 0.25) is 5.02 Å². The van der Waals surface area contributed by atoms with E-state index in [4.69, 9.17) is 11.6 Å². The minimum Gasteiger partial charge on any atom is -0.342 e. The topological polar surface area (TPSA) is 51.4 Å². The standard InChI is InChI=1S/C24H25ClN4OS2/c1-15-17-14-21(32-24(17)29(27-15)19-9-4-3-8-18(19)25)23(30)26-16(2)22(20-10-7-13-31-20)28-11-5-6-12-28/h3-4,7-10,13-14,16,22H,5-6,11-12H2,1-2H3,(H,26,30)/p+1/t16-,22+/m1/s1. The number of quaternary nitrogens is 1. The van der Waals surface area contributed by atoms with Gasteiger partial charge in [-0.3, -0.25) is 4.79 Å². The van der Waals surface area contributed by atoms with Crippen LogP contribution in [0.4, 0.5) is 0 Å². The Morgan fingerprint density at radius 1 is 1.22 bits per heavy atom. The third-order valence-corrected chi connectivity index (χ3v) is 8.63. The van der Waals surface area contributed by atoms with E-state index < -0.39 is 0 Å². The number of aryl methyl sites for hydroxylation is 1. The Balaban J connectivity index is 1.42. The molecule has 2 atom stereocenters. The van der Waals surface area contributed by atoms with Gasteiger partial charge in [-0.25, -0.2) is 4.68 Å². The number of aromatic nitrogens is 2. The molecule has 1 saturated heterocycles. The summed E-state index contributed by atoms with van der Waals surface area (Å²) in [4.78, 5) is 17.8. The second-order valence-corrected chi connectivity index (χ2v) is 10.8. The van der Waals surface area contributed by atoms with Gasteiger partial charge in [0, 0.05) is 18.2 Å². The van der Waals surface area contributed by atoms with E-state index in [1.54, 1.807) is 16.2 Å². The zero-order valence-corrected chi connectivity index (χ0v) is 20.5. The summed E-state index contributed by atoms with van der Waals surface area (Å²) in [5.74, 6) is -0.0241. The Bertz CT molecular complexity index is 1240. The fraction of sp³-hybridized carbons (Fsp3) is 0.333. The number of thiophene rings is 2. The number of para-hydroxylation sites is 1. The average molecular weight is 486 g/mol. The zero-order chi connectivity index (χ0) is 22.2. The van der Waals surface area contributed by atoms with Gasteiger partial charge >= 0.3 is 0 Å². The van der Waals surface area contributed by atoms with E-state index in [0.717, 1.165) is 21.6 Å². The molecule has 1 aliphatic heterocycles. The summed E-state index contributed by atoms with van der Waals surface area (Å²) in [5, 5.41) is 11.7. The molecule has 3 aromatic heterocycles. The van der Waals surface area contributed by atoms with E-state index in [1.807, 2.05) is 41.9 Å². The van der Waals surface area contributed by atoms with Crippen LogP contribution >= 0.6 is 34.3 Å². The van der Waals surface area contributed by atoms with Crippen molar-refractivity contribution in [3.05, 3.63) is 68.3 Å². The number of carbonyl (C=O) groups is 1. The molecular weight excluding hydrogens is 460 g/mol. The number of rotatable bonds is 6. The minimum atomic E-state index is -0.0241. The van der Waals surface area contributed by atoms with E-state index in [-0.39, 0.29) is 18.0 Å². The van der Waals surface area contributed by atoms with Crippen molar-refractivity contribution in [2.75, 3.05) is 13.1 Å². The maximum absolute atomic E-state index is 13.3. The van der Waals surface area contributed by atoms with Crippen molar-refractivity contribution >= 4 is 50.4 Å². The first-order valence-electron chi connectivity index (χ1n) is 11.0. The summed E-state index contributed by atoms with van der Waals surface area (Å²) < 4.78 is 1.85. The molecule has 8 heteroatoms. The second kappa shape index (κ2) is 8.98. The Morgan fingerprint density at radius 3 is 2.72 bits per heavy atom. The van der Waals surface area contributed by atoms with E-state index in [2.05, 4.69) is 34.9 Å².